The van der Waals surface area contributed by atoms with Crippen LogP contribution in [0, 0.1) is 0 Å². The Morgan fingerprint density at radius 2 is 2.10 bits per heavy atom. The normalized spacial score (nSPS) is 18.5. The lowest BCUT2D eigenvalue weighted by Gasteiger charge is -2.23. The van der Waals surface area contributed by atoms with Crippen LogP contribution in [0.25, 0.3) is 0 Å². The number of aliphatic imine (C=N–C) groups is 1. The number of nitrogens with one attached hydrogen (secondary N) is 3. The minimum atomic E-state index is -3.40. The lowest BCUT2D eigenvalue weighted by molar-refractivity contribution is 0.0200. The van der Waals surface area contributed by atoms with Gasteiger partial charge in [0.15, 0.2) is 5.96 Å². The van der Waals surface area contributed by atoms with Gasteiger partial charge in [0.25, 0.3) is 0 Å². The van der Waals surface area contributed by atoms with Crippen molar-refractivity contribution in [3.63, 3.8) is 0 Å². The molecule has 1 aromatic carbocycles. The van der Waals surface area contributed by atoms with E-state index in [9.17, 15) is 8.42 Å². The number of sulfonamides is 1. The first-order valence-electron chi connectivity index (χ1n) is 10.2. The molecule has 1 fully saturated rings. The monoisotopic (exact) mass is 442 g/mol. The van der Waals surface area contributed by atoms with E-state index in [0.29, 0.717) is 19.1 Å². The van der Waals surface area contributed by atoms with Gasteiger partial charge >= 0.3 is 0 Å². The summed E-state index contributed by atoms with van der Waals surface area (Å²) < 4.78 is 43.4. The molecule has 2 atom stereocenters. The zero-order valence-corrected chi connectivity index (χ0v) is 19.0. The average Bonchev–Trinajstić information content (AvgIpc) is 2.77. The maximum Gasteiger partial charge on any atom is 0.213 e. The van der Waals surface area contributed by atoms with Crippen molar-refractivity contribution in [3.05, 3.63) is 23.8 Å². The highest BCUT2D eigenvalue weighted by molar-refractivity contribution is 7.89. The molecule has 10 heteroatoms. The maximum atomic E-state index is 12.2. The van der Waals surface area contributed by atoms with E-state index in [0.717, 1.165) is 36.3 Å². The van der Waals surface area contributed by atoms with Crippen molar-refractivity contribution in [2.45, 2.75) is 38.3 Å². The first kappa shape index (κ1) is 24.2. The molecule has 30 heavy (non-hydrogen) atoms. The molecule has 9 nitrogen and oxygen atoms in total. The Hall–Kier alpha value is -2.04. The largest absolute Gasteiger partial charge is 0.497 e. The number of ether oxygens (including phenoxy) is 3. The topological polar surface area (TPSA) is 110 Å². The lowest BCUT2D eigenvalue weighted by atomic mass is 10.1. The SMILES string of the molecule is CN=C(NCCS(=O)(=O)NCC1CCCCO1)NC(C)c1cc(OC)ccc1OC. The smallest absolute Gasteiger partial charge is 0.213 e. The van der Waals surface area contributed by atoms with Crippen LogP contribution in [0.4, 0.5) is 0 Å². The Morgan fingerprint density at radius 3 is 2.73 bits per heavy atom. The van der Waals surface area contributed by atoms with Gasteiger partial charge in [-0.2, -0.15) is 0 Å². The van der Waals surface area contributed by atoms with Gasteiger partial charge in [-0.25, -0.2) is 13.1 Å². The number of benzene rings is 1. The molecule has 2 unspecified atom stereocenters. The third-order valence-electron chi connectivity index (χ3n) is 4.95. The second-order valence-corrected chi connectivity index (χ2v) is 9.06. The fourth-order valence-electron chi connectivity index (χ4n) is 3.22. The quantitative estimate of drug-likeness (QED) is 0.371. The molecule has 1 aliphatic heterocycles. The maximum absolute atomic E-state index is 12.2. The summed E-state index contributed by atoms with van der Waals surface area (Å²) in [6.07, 6.45) is 2.98. The zero-order valence-electron chi connectivity index (χ0n) is 18.2. The van der Waals surface area contributed by atoms with E-state index in [1.807, 2.05) is 25.1 Å². The second-order valence-electron chi connectivity index (χ2n) is 7.13. The minimum absolute atomic E-state index is 0.0328. The van der Waals surface area contributed by atoms with Crippen molar-refractivity contribution in [1.82, 2.24) is 15.4 Å². The molecule has 0 aliphatic carbocycles. The summed E-state index contributed by atoms with van der Waals surface area (Å²) in [5.41, 5.74) is 0.904. The molecular weight excluding hydrogens is 408 g/mol. The van der Waals surface area contributed by atoms with Gasteiger partial charge in [-0.1, -0.05) is 0 Å². The van der Waals surface area contributed by atoms with Crippen LogP contribution in [0.15, 0.2) is 23.2 Å². The third-order valence-corrected chi connectivity index (χ3v) is 6.30. The summed E-state index contributed by atoms with van der Waals surface area (Å²) in [7, 11) is 1.46. The van der Waals surface area contributed by atoms with Crippen molar-refractivity contribution in [2.24, 2.45) is 4.99 Å². The summed E-state index contributed by atoms with van der Waals surface area (Å²) in [5, 5.41) is 6.29. The van der Waals surface area contributed by atoms with Gasteiger partial charge in [0.2, 0.25) is 10.0 Å². The van der Waals surface area contributed by atoms with Crippen LogP contribution in [0.1, 0.15) is 37.8 Å². The van der Waals surface area contributed by atoms with E-state index in [1.165, 1.54) is 0 Å². The Balaban J connectivity index is 1.84. The van der Waals surface area contributed by atoms with Gasteiger partial charge in [-0.15, -0.1) is 0 Å². The van der Waals surface area contributed by atoms with Crippen molar-refractivity contribution in [1.29, 1.82) is 0 Å². The highest BCUT2D eigenvalue weighted by Crippen LogP contribution is 2.29. The molecule has 1 aromatic rings. The molecule has 0 spiro atoms. The molecule has 170 valence electrons. The van der Waals surface area contributed by atoms with Crippen LogP contribution in [0.5, 0.6) is 11.5 Å². The standard InChI is InChI=1S/C20H34N4O5S/c1-15(18-13-16(27-3)8-9-19(18)28-4)24-20(21-2)22-10-12-30(25,26)23-14-17-7-5-6-11-29-17/h8-9,13,15,17,23H,5-7,10-12,14H2,1-4H3,(H2,21,22,24). The summed E-state index contributed by atoms with van der Waals surface area (Å²) in [6, 6.07) is 5.43. The summed E-state index contributed by atoms with van der Waals surface area (Å²) in [5.74, 6) is 1.89. The van der Waals surface area contributed by atoms with Gasteiger partial charge in [-0.3, -0.25) is 4.99 Å². The number of methoxy groups -OCH3 is 2. The zero-order chi connectivity index (χ0) is 22.0. The van der Waals surface area contributed by atoms with Gasteiger partial charge in [-0.05, 0) is 44.4 Å². The molecule has 0 radical (unpaired) electrons. The van der Waals surface area contributed by atoms with Crippen molar-refractivity contribution in [3.8, 4) is 11.5 Å². The molecule has 3 N–H and O–H groups in total. The van der Waals surface area contributed by atoms with Gasteiger partial charge in [0.1, 0.15) is 11.5 Å². The molecule has 1 saturated heterocycles. The lowest BCUT2D eigenvalue weighted by Crippen LogP contribution is -2.43. The minimum Gasteiger partial charge on any atom is -0.497 e. The number of guanidine groups is 1. The van der Waals surface area contributed by atoms with E-state index in [2.05, 4.69) is 20.3 Å². The van der Waals surface area contributed by atoms with E-state index in [-0.39, 0.29) is 24.4 Å². The molecule has 1 aliphatic rings. The Labute approximate surface area is 179 Å². The van der Waals surface area contributed by atoms with Crippen molar-refractivity contribution >= 4 is 16.0 Å². The number of hydrogen-bond donors (Lipinski definition) is 3. The summed E-state index contributed by atoms with van der Waals surface area (Å²) in [6.45, 7) is 3.21. The highest BCUT2D eigenvalue weighted by atomic mass is 32.2. The Morgan fingerprint density at radius 1 is 1.30 bits per heavy atom. The van der Waals surface area contributed by atoms with E-state index >= 15 is 0 Å². The molecule has 0 bridgehead atoms. The summed E-state index contributed by atoms with van der Waals surface area (Å²) >= 11 is 0. The molecular formula is C20H34N4O5S. The van der Waals surface area contributed by atoms with E-state index in [4.69, 9.17) is 14.2 Å². The predicted molar refractivity (Wildman–Crippen MR) is 118 cm³/mol. The van der Waals surface area contributed by atoms with Crippen LogP contribution in [0.3, 0.4) is 0 Å². The fraction of sp³-hybridized carbons (Fsp3) is 0.650. The molecule has 2 rings (SSSR count). The first-order chi connectivity index (χ1) is 14.4. The number of rotatable bonds is 10. The van der Waals surface area contributed by atoms with Crippen molar-refractivity contribution < 1.29 is 22.6 Å². The van der Waals surface area contributed by atoms with Crippen LogP contribution < -0.4 is 24.8 Å². The fourth-order valence-corrected chi connectivity index (χ4v) is 4.17. The molecule has 1 heterocycles. The van der Waals surface area contributed by atoms with Crippen LogP contribution in [0.2, 0.25) is 0 Å². The third kappa shape index (κ3) is 7.66. The van der Waals surface area contributed by atoms with Crippen LogP contribution in [-0.4, -0.2) is 67.2 Å². The van der Waals surface area contributed by atoms with E-state index in [1.54, 1.807) is 21.3 Å². The number of hydrogen-bond acceptors (Lipinski definition) is 6. The van der Waals surface area contributed by atoms with Crippen LogP contribution >= 0.6 is 0 Å². The molecule has 0 amide bonds. The van der Waals surface area contributed by atoms with Crippen molar-refractivity contribution in [2.75, 3.05) is 46.7 Å². The highest BCUT2D eigenvalue weighted by Gasteiger charge is 2.18. The Kier molecular flexibility index (Phi) is 9.67. The molecule has 0 aromatic heterocycles. The average molecular weight is 443 g/mol. The van der Waals surface area contributed by atoms with Gasteiger partial charge in [0.05, 0.1) is 32.1 Å². The number of nitrogens with zero attached hydrogens (tertiary/aromatic N) is 1. The van der Waals surface area contributed by atoms with E-state index < -0.39 is 10.0 Å². The molecule has 0 saturated carbocycles. The summed E-state index contributed by atoms with van der Waals surface area (Å²) in [4.78, 5) is 4.18. The van der Waals surface area contributed by atoms with Gasteiger partial charge < -0.3 is 24.8 Å². The first-order valence-corrected chi connectivity index (χ1v) is 11.8. The van der Waals surface area contributed by atoms with Crippen LogP contribution in [-0.2, 0) is 14.8 Å². The Bertz CT molecular complexity index is 794. The predicted octanol–water partition coefficient (Wildman–Crippen LogP) is 1.42. The second kappa shape index (κ2) is 12.0. The van der Waals surface area contributed by atoms with Gasteiger partial charge in [0, 0.05) is 32.3 Å².